The fourth-order valence-electron chi connectivity index (χ4n) is 3.23. The molecule has 4 nitrogen and oxygen atoms in total. The van der Waals surface area contributed by atoms with Crippen molar-refractivity contribution in [2.75, 3.05) is 6.54 Å². The maximum absolute atomic E-state index is 10.1. The largest absolute Gasteiger partial charge is 0.390 e. The quantitative estimate of drug-likeness (QED) is 0.429. The Balaban J connectivity index is 2.24. The highest BCUT2D eigenvalue weighted by atomic mass is 16.3. The first-order chi connectivity index (χ1) is 6.83. The second-order valence-corrected chi connectivity index (χ2v) is 5.74. The number of nitrogens with two attached hydrogens (primary N) is 1. The summed E-state index contributed by atoms with van der Waals surface area (Å²) in [7, 11) is 0. The summed E-state index contributed by atoms with van der Waals surface area (Å²) in [6, 6.07) is 0. The van der Waals surface area contributed by atoms with Crippen molar-refractivity contribution >= 4 is 5.96 Å². The molecule has 1 heterocycles. The molecule has 1 saturated carbocycles. The number of aliphatic hydroxyl groups is 1. The first-order valence-electron chi connectivity index (χ1n) is 5.70. The molecular formula is C11H22N3O+. The van der Waals surface area contributed by atoms with Crippen molar-refractivity contribution in [2.24, 2.45) is 17.6 Å². The van der Waals surface area contributed by atoms with Gasteiger partial charge in [0.15, 0.2) is 0 Å². The van der Waals surface area contributed by atoms with Gasteiger partial charge in [-0.25, -0.2) is 0 Å². The maximum Gasteiger partial charge on any atom is 0.341 e. The van der Waals surface area contributed by atoms with Crippen LogP contribution in [0, 0.1) is 11.8 Å². The highest BCUT2D eigenvalue weighted by Gasteiger charge is 2.53. The molecule has 0 spiro atoms. The molecule has 0 aromatic carbocycles. The molecule has 0 saturated heterocycles. The summed E-state index contributed by atoms with van der Waals surface area (Å²) >= 11 is 0. The Bertz CT molecular complexity index is 295. The van der Waals surface area contributed by atoms with Gasteiger partial charge in [-0.1, -0.05) is 0 Å². The third-order valence-corrected chi connectivity index (χ3v) is 4.12. The van der Waals surface area contributed by atoms with E-state index >= 15 is 0 Å². The summed E-state index contributed by atoms with van der Waals surface area (Å²) in [5.41, 5.74) is 5.22. The summed E-state index contributed by atoms with van der Waals surface area (Å²) in [6.45, 7) is 6.89. The van der Waals surface area contributed by atoms with Gasteiger partial charge in [-0.15, -0.1) is 0 Å². The molecular weight excluding hydrogens is 190 g/mol. The third kappa shape index (κ3) is 1.71. The van der Waals surface area contributed by atoms with E-state index in [1.807, 2.05) is 13.8 Å². The summed E-state index contributed by atoms with van der Waals surface area (Å²) in [4.78, 5) is 3.15. The van der Waals surface area contributed by atoms with Gasteiger partial charge < -0.3 is 5.11 Å². The minimum Gasteiger partial charge on any atom is -0.390 e. The van der Waals surface area contributed by atoms with Crippen LogP contribution in [0.15, 0.2) is 0 Å². The van der Waals surface area contributed by atoms with Gasteiger partial charge in [0.1, 0.15) is 0 Å². The fraction of sp³-hybridized carbons (Fsp3) is 0.909. The molecule has 1 aliphatic carbocycles. The number of nitrogens with one attached hydrogen (secondary N) is 2. The first-order valence-corrected chi connectivity index (χ1v) is 5.70. The van der Waals surface area contributed by atoms with Crippen LogP contribution in [0.2, 0.25) is 0 Å². The van der Waals surface area contributed by atoms with E-state index in [2.05, 4.69) is 17.2 Å². The van der Waals surface area contributed by atoms with E-state index in [0.717, 1.165) is 19.4 Å². The van der Waals surface area contributed by atoms with Crippen LogP contribution in [-0.4, -0.2) is 28.8 Å². The van der Waals surface area contributed by atoms with Gasteiger partial charge in [-0.3, -0.25) is 16.0 Å². The molecule has 15 heavy (non-hydrogen) atoms. The molecule has 3 atom stereocenters. The predicted octanol–water partition coefficient (Wildman–Crippen LogP) is -1.46. The predicted molar refractivity (Wildman–Crippen MR) is 59.1 cm³/mol. The molecule has 2 aliphatic rings. The average Bonchev–Trinajstić information content (AvgIpc) is 2.39. The summed E-state index contributed by atoms with van der Waals surface area (Å²) < 4.78 is 0. The molecule has 0 aromatic heterocycles. The Morgan fingerprint density at radius 2 is 2.27 bits per heavy atom. The lowest BCUT2D eigenvalue weighted by Gasteiger charge is -2.37. The smallest absolute Gasteiger partial charge is 0.341 e. The van der Waals surface area contributed by atoms with Gasteiger partial charge in [0, 0.05) is 5.92 Å². The monoisotopic (exact) mass is 212 g/mol. The standard InChI is InChI=1S/C11H21N3O/c1-10(2,15)7-4-5-11(3)8(7)6-13-9(12)14-11/h7-8,15H,4-6H2,1-3H3,(H3,12,13,14)/p+1/t7-,8+,11-/m1/s1. The summed E-state index contributed by atoms with van der Waals surface area (Å²) in [5, 5.41) is 13.5. The van der Waals surface area contributed by atoms with Gasteiger partial charge in [0.05, 0.1) is 17.7 Å². The van der Waals surface area contributed by atoms with E-state index in [9.17, 15) is 5.11 Å². The van der Waals surface area contributed by atoms with Crippen LogP contribution in [0.3, 0.4) is 0 Å². The van der Waals surface area contributed by atoms with E-state index < -0.39 is 5.60 Å². The number of hydrogen-bond donors (Lipinski definition) is 4. The van der Waals surface area contributed by atoms with Gasteiger partial charge in [0.2, 0.25) is 0 Å². The van der Waals surface area contributed by atoms with Crippen LogP contribution in [0.1, 0.15) is 33.6 Å². The second kappa shape index (κ2) is 3.11. The van der Waals surface area contributed by atoms with E-state index in [4.69, 9.17) is 5.73 Å². The Hall–Kier alpha value is -0.770. The van der Waals surface area contributed by atoms with Crippen LogP contribution in [0.25, 0.3) is 0 Å². The minimum absolute atomic E-state index is 0.0556. The molecule has 86 valence electrons. The van der Waals surface area contributed by atoms with Crippen LogP contribution in [-0.2, 0) is 0 Å². The zero-order chi connectivity index (χ0) is 11.3. The Labute approximate surface area is 91.0 Å². The Morgan fingerprint density at radius 1 is 1.60 bits per heavy atom. The van der Waals surface area contributed by atoms with Crippen molar-refractivity contribution in [3.63, 3.8) is 0 Å². The Morgan fingerprint density at radius 3 is 2.87 bits per heavy atom. The second-order valence-electron chi connectivity index (χ2n) is 5.74. The normalized spacial score (nSPS) is 40.7. The SMILES string of the molecule is CC(C)(O)[C@@H]1CC[C@@]2(C)NC(N)=[NH+]C[C@@H]12. The minimum atomic E-state index is -0.599. The van der Waals surface area contributed by atoms with Crippen molar-refractivity contribution in [1.29, 1.82) is 0 Å². The zero-order valence-corrected chi connectivity index (χ0v) is 9.80. The van der Waals surface area contributed by atoms with E-state index in [1.165, 1.54) is 0 Å². The molecule has 0 unspecified atom stereocenters. The van der Waals surface area contributed by atoms with Crippen molar-refractivity contribution in [2.45, 2.75) is 44.8 Å². The fourth-order valence-corrected chi connectivity index (χ4v) is 3.23. The third-order valence-electron chi connectivity index (χ3n) is 4.12. The number of guanidine groups is 1. The highest BCUT2D eigenvalue weighted by Crippen LogP contribution is 2.44. The summed E-state index contributed by atoms with van der Waals surface area (Å²) in [5.74, 6) is 1.46. The molecule has 0 aromatic rings. The average molecular weight is 212 g/mol. The maximum atomic E-state index is 10.1. The molecule has 0 bridgehead atoms. The molecule has 4 heteroatoms. The molecule has 0 radical (unpaired) electrons. The molecule has 5 N–H and O–H groups in total. The van der Waals surface area contributed by atoms with Crippen LogP contribution >= 0.6 is 0 Å². The van der Waals surface area contributed by atoms with Gasteiger partial charge >= 0.3 is 5.96 Å². The van der Waals surface area contributed by atoms with E-state index in [-0.39, 0.29) is 5.54 Å². The van der Waals surface area contributed by atoms with Gasteiger partial charge in [-0.2, -0.15) is 0 Å². The van der Waals surface area contributed by atoms with Crippen LogP contribution in [0.5, 0.6) is 0 Å². The lowest BCUT2D eigenvalue weighted by molar-refractivity contribution is -0.482. The molecule has 1 aliphatic heterocycles. The van der Waals surface area contributed by atoms with Gasteiger partial charge in [0.25, 0.3) is 0 Å². The summed E-state index contributed by atoms with van der Waals surface area (Å²) in [6.07, 6.45) is 2.14. The van der Waals surface area contributed by atoms with Crippen molar-refractivity contribution in [3.8, 4) is 0 Å². The number of hydrogen-bond acceptors (Lipinski definition) is 3. The first kappa shape index (κ1) is 10.7. The van der Waals surface area contributed by atoms with Crippen LogP contribution < -0.4 is 16.0 Å². The van der Waals surface area contributed by atoms with Crippen molar-refractivity contribution in [1.82, 2.24) is 5.32 Å². The number of fused-ring (bicyclic) bond motifs is 1. The molecule has 0 amide bonds. The van der Waals surface area contributed by atoms with Crippen molar-refractivity contribution in [3.05, 3.63) is 0 Å². The topological polar surface area (TPSA) is 72.2 Å². The lowest BCUT2D eigenvalue weighted by Crippen LogP contribution is -2.87. The van der Waals surface area contributed by atoms with Gasteiger partial charge in [-0.05, 0) is 39.5 Å². The highest BCUT2D eigenvalue weighted by molar-refractivity contribution is 5.73. The van der Waals surface area contributed by atoms with Crippen LogP contribution in [0.4, 0.5) is 0 Å². The molecule has 2 rings (SSSR count). The van der Waals surface area contributed by atoms with E-state index in [1.54, 1.807) is 0 Å². The number of rotatable bonds is 1. The molecule has 1 fully saturated rings. The van der Waals surface area contributed by atoms with E-state index in [0.29, 0.717) is 17.8 Å². The zero-order valence-electron chi connectivity index (χ0n) is 9.80. The Kier molecular flexibility index (Phi) is 2.23. The van der Waals surface area contributed by atoms with Crippen molar-refractivity contribution < 1.29 is 10.1 Å². The lowest BCUT2D eigenvalue weighted by atomic mass is 9.77.